The summed E-state index contributed by atoms with van der Waals surface area (Å²) >= 11 is 0. The van der Waals surface area contributed by atoms with Crippen molar-refractivity contribution in [3.05, 3.63) is 34.1 Å². The molecule has 1 aromatic rings. The average molecular weight is 227 g/mol. The molecule has 0 amide bonds. The Bertz CT molecular complexity index is 371. The Morgan fingerprint density at radius 2 is 2.19 bits per heavy atom. The Balaban J connectivity index is 2.56. The number of nitrogens with zero attached hydrogens (tertiary/aromatic N) is 1. The Morgan fingerprint density at radius 1 is 1.44 bits per heavy atom. The fourth-order valence-corrected chi connectivity index (χ4v) is 1.27. The van der Waals surface area contributed by atoms with Crippen molar-refractivity contribution in [1.82, 2.24) is 0 Å². The number of hydrogen-bond acceptors (Lipinski definition) is 4. The standard InChI is InChI=1S/C10H14FN3O2/c11-9-7-8(13-6-2-1-5-12)3-4-10(9)14(15)16/h3-4,7,13H,1-2,5-6,12H2. The van der Waals surface area contributed by atoms with Crippen LogP contribution in [0.1, 0.15) is 12.8 Å². The van der Waals surface area contributed by atoms with Crippen molar-refractivity contribution in [3.8, 4) is 0 Å². The molecule has 0 saturated carbocycles. The number of benzene rings is 1. The number of hydrogen-bond donors (Lipinski definition) is 2. The highest BCUT2D eigenvalue weighted by Gasteiger charge is 2.13. The first-order valence-corrected chi connectivity index (χ1v) is 5.03. The fourth-order valence-electron chi connectivity index (χ4n) is 1.27. The van der Waals surface area contributed by atoms with Crippen LogP contribution in [0.3, 0.4) is 0 Å². The van der Waals surface area contributed by atoms with Crippen molar-refractivity contribution < 1.29 is 9.31 Å². The summed E-state index contributed by atoms with van der Waals surface area (Å²) in [4.78, 5) is 9.62. The maximum absolute atomic E-state index is 13.2. The average Bonchev–Trinajstić information content (AvgIpc) is 2.24. The van der Waals surface area contributed by atoms with Gasteiger partial charge in [0.05, 0.1) is 4.92 Å². The SMILES string of the molecule is NCCCCNc1ccc([N+](=O)[O-])c(F)c1. The van der Waals surface area contributed by atoms with E-state index in [0.29, 0.717) is 18.8 Å². The summed E-state index contributed by atoms with van der Waals surface area (Å²) in [5.74, 6) is -0.825. The van der Waals surface area contributed by atoms with E-state index in [1.807, 2.05) is 0 Å². The maximum Gasteiger partial charge on any atom is 0.304 e. The summed E-state index contributed by atoms with van der Waals surface area (Å²) in [6.07, 6.45) is 1.78. The van der Waals surface area contributed by atoms with Gasteiger partial charge in [-0.15, -0.1) is 0 Å². The second kappa shape index (κ2) is 6.02. The zero-order chi connectivity index (χ0) is 12.0. The molecule has 5 nitrogen and oxygen atoms in total. The van der Waals surface area contributed by atoms with Gasteiger partial charge < -0.3 is 11.1 Å². The van der Waals surface area contributed by atoms with Crippen molar-refractivity contribution >= 4 is 11.4 Å². The second-order valence-electron chi connectivity index (χ2n) is 3.35. The van der Waals surface area contributed by atoms with Crippen LogP contribution in [-0.2, 0) is 0 Å². The molecule has 0 atom stereocenters. The second-order valence-corrected chi connectivity index (χ2v) is 3.35. The number of rotatable bonds is 6. The van der Waals surface area contributed by atoms with Crippen LogP contribution in [0.4, 0.5) is 15.8 Å². The van der Waals surface area contributed by atoms with Gasteiger partial charge in [0, 0.05) is 24.4 Å². The van der Waals surface area contributed by atoms with Gasteiger partial charge in [-0.25, -0.2) is 0 Å². The molecule has 1 rings (SSSR count). The van der Waals surface area contributed by atoms with Crippen molar-refractivity contribution in [2.24, 2.45) is 5.73 Å². The molecule has 0 heterocycles. The predicted octanol–water partition coefficient (Wildman–Crippen LogP) is 1.88. The first kappa shape index (κ1) is 12.4. The molecular formula is C10H14FN3O2. The van der Waals surface area contributed by atoms with Crippen LogP contribution in [0, 0.1) is 15.9 Å². The molecule has 0 unspecified atom stereocenters. The van der Waals surface area contributed by atoms with Gasteiger partial charge in [-0.05, 0) is 25.5 Å². The molecule has 0 aromatic heterocycles. The van der Waals surface area contributed by atoms with Crippen molar-refractivity contribution in [2.75, 3.05) is 18.4 Å². The van der Waals surface area contributed by atoms with Crippen LogP contribution in [0.15, 0.2) is 18.2 Å². The summed E-state index contributed by atoms with van der Waals surface area (Å²) in [5.41, 5.74) is 5.36. The van der Waals surface area contributed by atoms with Gasteiger partial charge in [0.1, 0.15) is 0 Å². The number of nitro benzene ring substituents is 1. The number of nitrogens with one attached hydrogen (secondary N) is 1. The molecule has 88 valence electrons. The van der Waals surface area contributed by atoms with E-state index in [9.17, 15) is 14.5 Å². The lowest BCUT2D eigenvalue weighted by atomic mass is 10.2. The molecule has 0 aliphatic carbocycles. The van der Waals surface area contributed by atoms with Crippen molar-refractivity contribution in [1.29, 1.82) is 0 Å². The van der Waals surface area contributed by atoms with Gasteiger partial charge >= 0.3 is 5.69 Å². The largest absolute Gasteiger partial charge is 0.385 e. The minimum Gasteiger partial charge on any atom is -0.385 e. The molecule has 0 bridgehead atoms. The fraction of sp³-hybridized carbons (Fsp3) is 0.400. The third-order valence-corrected chi connectivity index (χ3v) is 2.10. The van der Waals surface area contributed by atoms with Crippen LogP contribution in [0.5, 0.6) is 0 Å². The number of nitro groups is 1. The summed E-state index contributed by atoms with van der Waals surface area (Å²) in [5, 5.41) is 13.3. The van der Waals surface area contributed by atoms with Crippen LogP contribution in [0.2, 0.25) is 0 Å². The lowest BCUT2D eigenvalue weighted by molar-refractivity contribution is -0.387. The molecule has 6 heteroatoms. The molecule has 0 aliphatic rings. The Morgan fingerprint density at radius 3 is 2.75 bits per heavy atom. The minimum atomic E-state index is -0.825. The molecule has 1 aromatic carbocycles. The quantitative estimate of drug-likeness (QED) is 0.441. The van der Waals surface area contributed by atoms with Crippen molar-refractivity contribution in [3.63, 3.8) is 0 Å². The molecule has 0 saturated heterocycles. The number of unbranched alkanes of at least 4 members (excludes halogenated alkanes) is 1. The summed E-state index contributed by atoms with van der Waals surface area (Å²) in [6, 6.07) is 3.77. The molecular weight excluding hydrogens is 213 g/mol. The number of anilines is 1. The molecule has 0 radical (unpaired) electrons. The number of halogens is 1. The maximum atomic E-state index is 13.2. The third kappa shape index (κ3) is 3.47. The van der Waals surface area contributed by atoms with Gasteiger partial charge in [-0.1, -0.05) is 0 Å². The van der Waals surface area contributed by atoms with Gasteiger partial charge in [-0.3, -0.25) is 10.1 Å². The van der Waals surface area contributed by atoms with E-state index < -0.39 is 16.4 Å². The molecule has 0 aliphatic heterocycles. The van der Waals surface area contributed by atoms with E-state index >= 15 is 0 Å². The van der Waals surface area contributed by atoms with E-state index in [4.69, 9.17) is 5.73 Å². The van der Waals surface area contributed by atoms with Gasteiger partial charge in [0.15, 0.2) is 0 Å². The molecule has 0 spiro atoms. The minimum absolute atomic E-state index is 0.507. The lowest BCUT2D eigenvalue weighted by Crippen LogP contribution is -2.06. The highest BCUT2D eigenvalue weighted by atomic mass is 19.1. The zero-order valence-corrected chi connectivity index (χ0v) is 8.78. The lowest BCUT2D eigenvalue weighted by Gasteiger charge is -2.05. The Hall–Kier alpha value is -1.69. The van der Waals surface area contributed by atoms with Crippen LogP contribution >= 0.6 is 0 Å². The van der Waals surface area contributed by atoms with E-state index in [1.54, 1.807) is 0 Å². The molecule has 3 N–H and O–H groups in total. The van der Waals surface area contributed by atoms with E-state index in [-0.39, 0.29) is 0 Å². The van der Waals surface area contributed by atoms with Gasteiger partial charge in [0.25, 0.3) is 0 Å². The number of nitrogens with two attached hydrogens (primary N) is 1. The first-order chi connectivity index (χ1) is 7.65. The predicted molar refractivity (Wildman–Crippen MR) is 59.8 cm³/mol. The van der Waals surface area contributed by atoms with Gasteiger partial charge in [-0.2, -0.15) is 4.39 Å². The van der Waals surface area contributed by atoms with E-state index in [1.165, 1.54) is 6.07 Å². The third-order valence-electron chi connectivity index (χ3n) is 2.10. The highest BCUT2D eigenvalue weighted by molar-refractivity contribution is 5.49. The highest BCUT2D eigenvalue weighted by Crippen LogP contribution is 2.20. The molecule has 16 heavy (non-hydrogen) atoms. The summed E-state index contributed by atoms with van der Waals surface area (Å²) in [7, 11) is 0. The summed E-state index contributed by atoms with van der Waals surface area (Å²) < 4.78 is 13.2. The van der Waals surface area contributed by atoms with Crippen LogP contribution in [-0.4, -0.2) is 18.0 Å². The first-order valence-electron chi connectivity index (χ1n) is 5.03. The van der Waals surface area contributed by atoms with Gasteiger partial charge in [0.2, 0.25) is 5.82 Å². The van der Waals surface area contributed by atoms with E-state index in [0.717, 1.165) is 25.0 Å². The monoisotopic (exact) mass is 227 g/mol. The van der Waals surface area contributed by atoms with Crippen LogP contribution < -0.4 is 11.1 Å². The normalized spacial score (nSPS) is 10.1. The smallest absolute Gasteiger partial charge is 0.304 e. The van der Waals surface area contributed by atoms with Crippen molar-refractivity contribution in [2.45, 2.75) is 12.8 Å². The van der Waals surface area contributed by atoms with Crippen LogP contribution in [0.25, 0.3) is 0 Å². The Labute approximate surface area is 92.6 Å². The summed E-state index contributed by atoms with van der Waals surface area (Å²) in [6.45, 7) is 1.30. The topological polar surface area (TPSA) is 81.2 Å². The Kier molecular flexibility index (Phi) is 4.65. The zero-order valence-electron chi connectivity index (χ0n) is 8.78. The molecule has 0 fully saturated rings. The van der Waals surface area contributed by atoms with E-state index in [2.05, 4.69) is 5.32 Å².